The van der Waals surface area contributed by atoms with E-state index in [1.54, 1.807) is 7.05 Å². The molecule has 2 aliphatic rings. The number of carbonyl (C=O) groups excluding carboxylic acids is 2. The van der Waals surface area contributed by atoms with Crippen LogP contribution in [0.15, 0.2) is 4.99 Å². The van der Waals surface area contributed by atoms with Gasteiger partial charge in [-0.2, -0.15) is 0 Å². The molecule has 0 aromatic carbocycles. The maximum Gasteiger partial charge on any atom is 0.325 e. The van der Waals surface area contributed by atoms with Crippen LogP contribution in [0.2, 0.25) is 0 Å². The van der Waals surface area contributed by atoms with Crippen LogP contribution in [0.5, 0.6) is 0 Å². The first-order valence-electron chi connectivity index (χ1n) is 9.64. The molecule has 142 valence electrons. The zero-order valence-electron chi connectivity index (χ0n) is 15.5. The molecule has 2 unspecified atom stereocenters. The first-order chi connectivity index (χ1) is 12.1. The number of nitrogens with zero attached hydrogens (tertiary/aromatic N) is 3. The number of amides is 3. The van der Waals surface area contributed by atoms with Gasteiger partial charge in [-0.25, -0.2) is 9.79 Å². The number of carbonyl (C=O) groups is 2. The molecule has 0 spiro atoms. The molecule has 0 bridgehead atoms. The highest BCUT2D eigenvalue weighted by atomic mass is 79.9. The number of likely N-dealkylation sites (N-methyl/N-ethyl adjacent to an activating group) is 1. The maximum absolute atomic E-state index is 12.2. The molecule has 2 rings (SSSR count). The molecule has 1 N–H and O–H groups in total. The lowest BCUT2D eigenvalue weighted by molar-refractivity contribution is -0.127. The fourth-order valence-electron chi connectivity index (χ4n) is 3.49. The van der Waals surface area contributed by atoms with E-state index in [4.69, 9.17) is 0 Å². The van der Waals surface area contributed by atoms with Crippen molar-refractivity contribution < 1.29 is 9.59 Å². The zero-order valence-corrected chi connectivity index (χ0v) is 17.1. The summed E-state index contributed by atoms with van der Waals surface area (Å²) >= 11 is 3.45. The summed E-state index contributed by atoms with van der Waals surface area (Å²) in [5.41, 5.74) is 0. The Morgan fingerprint density at radius 1 is 1.00 bits per heavy atom. The van der Waals surface area contributed by atoms with Gasteiger partial charge in [0, 0.05) is 13.6 Å². The van der Waals surface area contributed by atoms with E-state index in [0.29, 0.717) is 4.74 Å². The van der Waals surface area contributed by atoms with E-state index in [1.807, 2.05) is 4.90 Å². The summed E-state index contributed by atoms with van der Waals surface area (Å²) in [4.78, 5) is 31.8. The molecule has 1 fully saturated rings. The second-order valence-electron chi connectivity index (χ2n) is 7.04. The molecule has 3 amide bonds. The molecular formula is C18H31BrN4O2. The third-order valence-electron chi connectivity index (χ3n) is 5.06. The molecule has 2 aliphatic heterocycles. The predicted molar refractivity (Wildman–Crippen MR) is 104 cm³/mol. The lowest BCUT2D eigenvalue weighted by Crippen LogP contribution is -2.63. The number of hydrogen-bond donors (Lipinski definition) is 1. The van der Waals surface area contributed by atoms with Crippen LogP contribution in [0.1, 0.15) is 71.1 Å². The van der Waals surface area contributed by atoms with Gasteiger partial charge in [-0.1, -0.05) is 64.7 Å². The molecule has 0 radical (unpaired) electrons. The topological polar surface area (TPSA) is 65.0 Å². The zero-order chi connectivity index (χ0) is 18.2. The van der Waals surface area contributed by atoms with Crippen molar-refractivity contribution in [3.8, 4) is 0 Å². The summed E-state index contributed by atoms with van der Waals surface area (Å²) in [6, 6.07) is -0.785. The Kier molecular flexibility index (Phi) is 8.19. The van der Waals surface area contributed by atoms with Crippen molar-refractivity contribution in [3.63, 3.8) is 0 Å². The largest absolute Gasteiger partial charge is 0.335 e. The van der Waals surface area contributed by atoms with Gasteiger partial charge in [-0.3, -0.25) is 10.1 Å². The maximum atomic E-state index is 12.2. The summed E-state index contributed by atoms with van der Waals surface area (Å²) in [6.07, 6.45) is 12.4. The summed E-state index contributed by atoms with van der Waals surface area (Å²) in [6.45, 7) is 3.04. The first-order valence-corrected chi connectivity index (χ1v) is 10.4. The van der Waals surface area contributed by atoms with Gasteiger partial charge in [0.2, 0.25) is 0 Å². The second kappa shape index (κ2) is 10.1. The highest BCUT2D eigenvalue weighted by molar-refractivity contribution is 9.18. The number of fused-ring (bicyclic) bond motifs is 1. The predicted octanol–water partition coefficient (Wildman–Crippen LogP) is 3.85. The van der Waals surface area contributed by atoms with Crippen molar-refractivity contribution in [1.82, 2.24) is 15.1 Å². The van der Waals surface area contributed by atoms with Crippen molar-refractivity contribution >= 4 is 32.6 Å². The Balaban J connectivity index is 1.64. The standard InChI is InChI=1S/C18H31BrN4O2/c1-3-4-5-6-7-8-9-10-11-12-13-23-14-15(20-17(23)19)22(2)18(25)21-16(14)24/h14-15H,3-13H2,1-2H3,(H,21,24,25). The van der Waals surface area contributed by atoms with Crippen molar-refractivity contribution in [2.45, 2.75) is 83.3 Å². The Bertz CT molecular complexity index is 497. The van der Waals surface area contributed by atoms with E-state index >= 15 is 0 Å². The van der Waals surface area contributed by atoms with Crippen LogP contribution in [-0.2, 0) is 4.79 Å². The Morgan fingerprint density at radius 2 is 1.56 bits per heavy atom. The van der Waals surface area contributed by atoms with Crippen LogP contribution in [0.4, 0.5) is 4.79 Å². The van der Waals surface area contributed by atoms with Crippen molar-refractivity contribution in [1.29, 1.82) is 0 Å². The molecule has 6 nitrogen and oxygen atoms in total. The van der Waals surface area contributed by atoms with E-state index in [-0.39, 0.29) is 11.9 Å². The van der Waals surface area contributed by atoms with E-state index in [2.05, 4.69) is 33.2 Å². The van der Waals surface area contributed by atoms with Gasteiger partial charge in [-0.15, -0.1) is 0 Å². The third-order valence-corrected chi connectivity index (χ3v) is 5.72. The van der Waals surface area contributed by atoms with Crippen LogP contribution in [0.3, 0.4) is 0 Å². The van der Waals surface area contributed by atoms with Crippen LogP contribution in [0, 0.1) is 0 Å². The van der Waals surface area contributed by atoms with Gasteiger partial charge in [0.25, 0.3) is 5.91 Å². The molecule has 0 aromatic heterocycles. The van der Waals surface area contributed by atoms with Crippen LogP contribution in [0.25, 0.3) is 0 Å². The lowest BCUT2D eigenvalue weighted by atomic mass is 10.1. The lowest BCUT2D eigenvalue weighted by Gasteiger charge is -2.35. The minimum absolute atomic E-state index is 0.252. The molecule has 7 heteroatoms. The Hall–Kier alpha value is -1.11. The number of urea groups is 1. The quantitative estimate of drug-likeness (QED) is 0.412. The number of nitrogens with one attached hydrogen (secondary N) is 1. The van der Waals surface area contributed by atoms with Crippen LogP contribution in [-0.4, -0.2) is 52.3 Å². The molecule has 2 atom stereocenters. The number of imide groups is 1. The number of halogens is 1. The smallest absolute Gasteiger partial charge is 0.325 e. The number of hydrogen-bond acceptors (Lipinski definition) is 4. The number of rotatable bonds is 11. The monoisotopic (exact) mass is 414 g/mol. The normalized spacial score (nSPS) is 22.9. The minimum Gasteiger partial charge on any atom is -0.335 e. The summed E-state index contributed by atoms with van der Waals surface area (Å²) in [7, 11) is 1.67. The minimum atomic E-state index is -0.418. The number of aliphatic imine (C=N–C) groups is 1. The van der Waals surface area contributed by atoms with Gasteiger partial charge in [0.1, 0.15) is 0 Å². The van der Waals surface area contributed by atoms with E-state index in [0.717, 1.165) is 13.0 Å². The molecule has 25 heavy (non-hydrogen) atoms. The molecule has 1 saturated heterocycles. The van der Waals surface area contributed by atoms with Gasteiger partial charge in [0.05, 0.1) is 0 Å². The molecule has 2 heterocycles. The average molecular weight is 415 g/mol. The molecular weight excluding hydrogens is 384 g/mol. The Labute approximate surface area is 159 Å². The molecule has 0 saturated carbocycles. The van der Waals surface area contributed by atoms with Crippen LogP contribution < -0.4 is 5.32 Å². The van der Waals surface area contributed by atoms with E-state index in [1.165, 1.54) is 62.7 Å². The van der Waals surface area contributed by atoms with Crippen molar-refractivity contribution in [2.75, 3.05) is 13.6 Å². The van der Waals surface area contributed by atoms with Crippen molar-refractivity contribution in [3.05, 3.63) is 0 Å². The van der Waals surface area contributed by atoms with Crippen molar-refractivity contribution in [2.24, 2.45) is 4.99 Å². The Morgan fingerprint density at radius 3 is 2.16 bits per heavy atom. The first kappa shape index (κ1) is 20.2. The van der Waals surface area contributed by atoms with Gasteiger partial charge in [0.15, 0.2) is 17.0 Å². The van der Waals surface area contributed by atoms with Gasteiger partial charge < -0.3 is 9.80 Å². The highest BCUT2D eigenvalue weighted by Crippen LogP contribution is 2.26. The third kappa shape index (κ3) is 5.43. The number of unbranched alkanes of at least 4 members (excludes halogenated alkanes) is 9. The molecule has 0 aliphatic carbocycles. The second-order valence-corrected chi connectivity index (χ2v) is 7.75. The van der Waals surface area contributed by atoms with Crippen LogP contribution >= 0.6 is 15.9 Å². The fourth-order valence-corrected chi connectivity index (χ4v) is 4.10. The summed E-state index contributed by atoms with van der Waals surface area (Å²) in [5.74, 6) is -0.252. The summed E-state index contributed by atoms with van der Waals surface area (Å²) < 4.78 is 0.676. The SMILES string of the molecule is CCCCCCCCCCCCN1C(Br)=NC2C1C(=O)NC(=O)N2C. The number of amidine groups is 1. The van der Waals surface area contributed by atoms with Gasteiger partial charge >= 0.3 is 6.03 Å². The highest BCUT2D eigenvalue weighted by Gasteiger charge is 2.47. The fraction of sp³-hybridized carbons (Fsp3) is 0.833. The molecule has 0 aromatic rings. The summed E-state index contributed by atoms with van der Waals surface area (Å²) in [5, 5.41) is 2.40. The average Bonchev–Trinajstić information content (AvgIpc) is 2.92. The van der Waals surface area contributed by atoms with Gasteiger partial charge in [-0.05, 0) is 22.4 Å². The van der Waals surface area contributed by atoms with E-state index in [9.17, 15) is 9.59 Å². The van der Waals surface area contributed by atoms with E-state index < -0.39 is 12.2 Å².